The Morgan fingerprint density at radius 2 is 0.818 bits per heavy atom. The molecule has 322 valence electrons. The lowest BCUT2D eigenvalue weighted by Gasteiger charge is -2.25. The molecule has 0 heterocycles. The van der Waals surface area contributed by atoms with Gasteiger partial charge >= 0.3 is 0 Å². The Morgan fingerprint density at radius 3 is 1.36 bits per heavy atom. The molecule has 3 aliphatic carbocycles. The van der Waals surface area contributed by atoms with Crippen LogP contribution < -0.4 is 10.4 Å². The fourth-order valence-electron chi connectivity index (χ4n) is 12.8. The van der Waals surface area contributed by atoms with Crippen molar-refractivity contribution in [3.05, 3.63) is 177 Å². The summed E-state index contributed by atoms with van der Waals surface area (Å²) in [5.41, 5.74) is 20.0. The van der Waals surface area contributed by atoms with Gasteiger partial charge in [-0.1, -0.05) is 177 Å². The van der Waals surface area contributed by atoms with E-state index in [2.05, 4.69) is 189 Å². The number of hydrogen-bond acceptors (Lipinski definition) is 0. The van der Waals surface area contributed by atoms with Crippen molar-refractivity contribution in [2.45, 2.75) is 105 Å². The van der Waals surface area contributed by atoms with Gasteiger partial charge in [0.1, 0.15) is 0 Å². The molecule has 3 aliphatic rings. The largest absolute Gasteiger partial charge is 0.0763 e. The van der Waals surface area contributed by atoms with Gasteiger partial charge in [0.25, 0.3) is 0 Å². The van der Waals surface area contributed by atoms with Gasteiger partial charge < -0.3 is 0 Å². The van der Waals surface area contributed by atoms with Crippen LogP contribution in [0.15, 0.2) is 127 Å². The summed E-state index contributed by atoms with van der Waals surface area (Å²) < 4.78 is 0. The van der Waals surface area contributed by atoms with Crippen LogP contribution in [0, 0.1) is 0 Å². The number of hydrogen-bond donors (Lipinski definition) is 0. The normalized spacial score (nSPS) is 14.2. The minimum atomic E-state index is 0.401. The molecular formula is C66H58. The maximum absolute atomic E-state index is 2.68. The molecule has 0 amide bonds. The van der Waals surface area contributed by atoms with Gasteiger partial charge in [-0.25, -0.2) is 0 Å². The van der Waals surface area contributed by atoms with Crippen LogP contribution in [-0.4, -0.2) is 0 Å². The highest BCUT2D eigenvalue weighted by molar-refractivity contribution is 6.37. The van der Waals surface area contributed by atoms with Crippen molar-refractivity contribution in [1.29, 1.82) is 0 Å². The molecule has 10 aromatic rings. The molecule has 0 saturated carbocycles. The number of aryl methyl sites for hydroxylation is 2. The Labute approximate surface area is 389 Å². The summed E-state index contributed by atoms with van der Waals surface area (Å²) in [4.78, 5) is 0. The molecule has 0 bridgehead atoms. The van der Waals surface area contributed by atoms with E-state index < -0.39 is 0 Å². The number of rotatable bonds is 6. The Bertz CT molecular complexity index is 3870. The third kappa shape index (κ3) is 5.57. The highest BCUT2D eigenvalue weighted by atomic mass is 14.3. The van der Waals surface area contributed by atoms with Gasteiger partial charge in [0.05, 0.1) is 0 Å². The van der Waals surface area contributed by atoms with E-state index in [1.54, 1.807) is 16.7 Å². The van der Waals surface area contributed by atoms with E-state index in [0.717, 1.165) is 25.7 Å². The highest BCUT2D eigenvalue weighted by Crippen LogP contribution is 2.53. The average Bonchev–Trinajstić information content (AvgIpc) is 3.65. The zero-order valence-corrected chi connectivity index (χ0v) is 39.8. The third-order valence-electron chi connectivity index (χ3n) is 16.2. The summed E-state index contributed by atoms with van der Waals surface area (Å²) in [7, 11) is 0. The number of fused-ring (bicyclic) bond motifs is 12. The average molecular weight is 851 g/mol. The maximum Gasteiger partial charge on any atom is -0.000763 e. The first kappa shape index (κ1) is 39.8. The molecule has 66 heavy (non-hydrogen) atoms. The first-order chi connectivity index (χ1) is 32.0. The maximum atomic E-state index is 2.68. The molecule has 0 unspecified atom stereocenters. The zero-order chi connectivity index (χ0) is 44.9. The molecule has 0 heteroatoms. The Balaban J connectivity index is 1.28. The van der Waals surface area contributed by atoms with E-state index in [-0.39, 0.29) is 0 Å². The van der Waals surface area contributed by atoms with Crippen molar-refractivity contribution in [3.8, 4) is 33.4 Å². The molecule has 0 atom stereocenters. The van der Waals surface area contributed by atoms with Crippen LogP contribution in [0.1, 0.15) is 131 Å². The van der Waals surface area contributed by atoms with Crippen molar-refractivity contribution < 1.29 is 0 Å². The van der Waals surface area contributed by atoms with E-state index in [1.165, 1.54) is 136 Å². The van der Waals surface area contributed by atoms with Crippen LogP contribution in [-0.2, 0) is 12.8 Å². The van der Waals surface area contributed by atoms with E-state index in [0.29, 0.717) is 23.7 Å². The van der Waals surface area contributed by atoms with Crippen LogP contribution in [0.3, 0.4) is 0 Å². The van der Waals surface area contributed by atoms with Crippen molar-refractivity contribution in [2.24, 2.45) is 0 Å². The minimum absolute atomic E-state index is 0.401. The Hall–Kier alpha value is -6.50. The standard InChI is InChI=1S/C66H58/c1-35(2)40-27-41(36(3)4)30-44(29-40)61-58-33-56-54-25-23-52-50-21-13-15-39-16-14-22-51(60(39)50)53-24-26-55(64(54)63(52)53)57(56)34-59(58)62(45-31-42(37(5)6)28-43(32-45)38(7)8)66-49-20-12-10-18-47(49)46-17-9-11-19-48(46)65(61)66/h9-13,15-21,23,25,27-38H,14,22,24,26H2,1-8H3. The van der Waals surface area contributed by atoms with Crippen LogP contribution in [0.25, 0.3) is 110 Å². The van der Waals surface area contributed by atoms with Crippen molar-refractivity contribution in [3.63, 3.8) is 0 Å². The van der Waals surface area contributed by atoms with Crippen LogP contribution in [0.4, 0.5) is 0 Å². The SMILES string of the molecule is CC(C)c1cc(-c2c3cc4c(cc3c(-c3cc(C(C)C)cc(C(C)C)c3)c3c5ccccc5c5ccccc5c23)-c2ccc3c5c(c6c7c(cccc73)=CCC6)CCC4=c25)cc(C(C)C)c1. The summed E-state index contributed by atoms with van der Waals surface area (Å²) in [6.07, 6.45) is 6.89. The molecule has 13 rings (SSSR count). The van der Waals surface area contributed by atoms with Crippen LogP contribution >= 0.6 is 0 Å². The highest BCUT2D eigenvalue weighted by Gasteiger charge is 2.31. The van der Waals surface area contributed by atoms with Crippen molar-refractivity contribution in [1.82, 2.24) is 0 Å². The van der Waals surface area contributed by atoms with Gasteiger partial charge in [-0.2, -0.15) is 0 Å². The molecular weight excluding hydrogens is 793 g/mol. The lowest BCUT2D eigenvalue weighted by molar-refractivity contribution is 0.834. The summed E-state index contributed by atoms with van der Waals surface area (Å²) in [5.74, 6) is 1.61. The number of benzene rings is 10. The minimum Gasteiger partial charge on any atom is -0.0763 e. The lowest BCUT2D eigenvalue weighted by Crippen LogP contribution is -2.19. The van der Waals surface area contributed by atoms with E-state index in [1.807, 2.05) is 0 Å². The summed E-state index contributed by atoms with van der Waals surface area (Å²) >= 11 is 0. The summed E-state index contributed by atoms with van der Waals surface area (Å²) in [6.45, 7) is 18.9. The first-order valence-corrected chi connectivity index (χ1v) is 25.0. The third-order valence-corrected chi connectivity index (χ3v) is 16.2. The van der Waals surface area contributed by atoms with Crippen molar-refractivity contribution >= 4 is 76.3 Å². The fraction of sp³-hybridized carbons (Fsp3) is 0.242. The smallest absolute Gasteiger partial charge is 0.000763 e. The van der Waals surface area contributed by atoms with Gasteiger partial charge in [0.2, 0.25) is 0 Å². The van der Waals surface area contributed by atoms with Crippen LogP contribution in [0.2, 0.25) is 0 Å². The molecule has 0 spiro atoms. The summed E-state index contributed by atoms with van der Waals surface area (Å²) in [6, 6.07) is 51.0. The second-order valence-corrected chi connectivity index (χ2v) is 21.3. The fourth-order valence-corrected chi connectivity index (χ4v) is 12.8. The van der Waals surface area contributed by atoms with E-state index in [9.17, 15) is 0 Å². The zero-order valence-electron chi connectivity index (χ0n) is 39.8. The quantitative estimate of drug-likeness (QED) is 0.115. The molecule has 0 fully saturated rings. The molecule has 0 aliphatic heterocycles. The topological polar surface area (TPSA) is 0 Å². The molecule has 0 radical (unpaired) electrons. The molecule has 0 N–H and O–H groups in total. The first-order valence-electron chi connectivity index (χ1n) is 25.0. The van der Waals surface area contributed by atoms with Crippen LogP contribution in [0.5, 0.6) is 0 Å². The van der Waals surface area contributed by atoms with Gasteiger partial charge in [0, 0.05) is 0 Å². The molecule has 0 saturated heterocycles. The second-order valence-electron chi connectivity index (χ2n) is 21.3. The molecule has 10 aromatic carbocycles. The summed E-state index contributed by atoms with van der Waals surface area (Å²) in [5, 5.41) is 19.6. The molecule has 0 aromatic heterocycles. The molecule has 0 nitrogen and oxygen atoms in total. The van der Waals surface area contributed by atoms with Gasteiger partial charge in [-0.15, -0.1) is 0 Å². The predicted molar refractivity (Wildman–Crippen MR) is 287 cm³/mol. The Morgan fingerprint density at radius 1 is 0.348 bits per heavy atom. The Kier molecular flexibility index (Phi) is 8.75. The van der Waals surface area contributed by atoms with Crippen molar-refractivity contribution in [2.75, 3.05) is 0 Å². The van der Waals surface area contributed by atoms with Gasteiger partial charge in [-0.05, 0) is 214 Å². The lowest BCUT2D eigenvalue weighted by atomic mass is 9.78. The monoisotopic (exact) mass is 850 g/mol. The van der Waals surface area contributed by atoms with Gasteiger partial charge in [0.15, 0.2) is 0 Å². The van der Waals surface area contributed by atoms with E-state index in [4.69, 9.17) is 0 Å². The second kappa shape index (κ2) is 14.5. The predicted octanol–water partition coefficient (Wildman–Crippen LogP) is 17.3. The van der Waals surface area contributed by atoms with E-state index >= 15 is 0 Å². The van der Waals surface area contributed by atoms with Gasteiger partial charge in [-0.3, -0.25) is 0 Å².